The zero-order chi connectivity index (χ0) is 23.2. The van der Waals surface area contributed by atoms with Crippen LogP contribution in [-0.4, -0.2) is 64.4 Å². The van der Waals surface area contributed by atoms with Crippen molar-refractivity contribution < 1.29 is 38.1 Å². The van der Waals surface area contributed by atoms with Crippen LogP contribution in [-0.2, 0) is 28.7 Å². The molecule has 1 aromatic rings. The summed E-state index contributed by atoms with van der Waals surface area (Å²) in [4.78, 5) is 50.4. The van der Waals surface area contributed by atoms with E-state index in [1.807, 2.05) is 0 Å². The lowest BCUT2D eigenvalue weighted by Crippen LogP contribution is -2.71. The molecule has 0 saturated carbocycles. The fourth-order valence-corrected chi connectivity index (χ4v) is 5.58. The van der Waals surface area contributed by atoms with Crippen LogP contribution in [0.25, 0.3) is 0 Å². The standard InChI is InChI=1S/C20H23N3O8S/c1-9(24)28-7-31-19(27)15-20(2,3)32-18-13(17(26)23(15)18)22-16(25)12(21)10-5-4-6-11-14(10)30-8-29-11/h4-6,12-13,15,18H,7-8,21H2,1-3H3,(H,22,25)/t12?,13-,15+,18-/m1/s1. The van der Waals surface area contributed by atoms with Gasteiger partial charge in [0.2, 0.25) is 25.4 Å². The van der Waals surface area contributed by atoms with Gasteiger partial charge in [0.1, 0.15) is 23.5 Å². The molecule has 12 heteroatoms. The minimum Gasteiger partial charge on any atom is -0.454 e. The summed E-state index contributed by atoms with van der Waals surface area (Å²) < 4.78 is 19.7. The summed E-state index contributed by atoms with van der Waals surface area (Å²) in [5.41, 5.74) is 6.59. The smallest absolute Gasteiger partial charge is 0.333 e. The SMILES string of the molecule is CC(=O)OCOC(=O)[C@@H]1N2C(=O)[C@@H](NC(=O)C(N)c3cccc4c3OCO4)[C@H]2SC1(C)C. The lowest BCUT2D eigenvalue weighted by Gasteiger charge is -2.44. The number of carbonyl (C=O) groups excluding carboxylic acids is 4. The van der Waals surface area contributed by atoms with Gasteiger partial charge in [0.15, 0.2) is 11.5 Å². The van der Waals surface area contributed by atoms with Crippen LogP contribution in [0.4, 0.5) is 0 Å². The molecule has 4 atom stereocenters. The second-order valence-corrected chi connectivity index (χ2v) is 9.79. The highest BCUT2D eigenvalue weighted by atomic mass is 32.2. The minimum absolute atomic E-state index is 0.0412. The van der Waals surface area contributed by atoms with Gasteiger partial charge in [-0.1, -0.05) is 12.1 Å². The number of carbonyl (C=O) groups is 4. The van der Waals surface area contributed by atoms with Crippen molar-refractivity contribution in [3.8, 4) is 11.5 Å². The van der Waals surface area contributed by atoms with Crippen LogP contribution in [0.3, 0.4) is 0 Å². The van der Waals surface area contributed by atoms with E-state index in [9.17, 15) is 19.2 Å². The molecular weight excluding hydrogens is 442 g/mol. The maximum atomic E-state index is 12.8. The predicted molar refractivity (Wildman–Crippen MR) is 110 cm³/mol. The lowest BCUT2D eigenvalue weighted by atomic mass is 9.95. The number of amides is 2. The summed E-state index contributed by atoms with van der Waals surface area (Å²) in [6, 6.07) is 2.28. The average Bonchev–Trinajstić information content (AvgIpc) is 3.31. The van der Waals surface area contributed by atoms with Crippen molar-refractivity contribution in [3.63, 3.8) is 0 Å². The molecule has 0 spiro atoms. The summed E-state index contributed by atoms with van der Waals surface area (Å²) in [6.45, 7) is 4.31. The molecule has 3 N–H and O–H groups in total. The van der Waals surface area contributed by atoms with Gasteiger partial charge in [0.25, 0.3) is 0 Å². The number of esters is 2. The third kappa shape index (κ3) is 3.73. The van der Waals surface area contributed by atoms with Crippen molar-refractivity contribution in [2.45, 2.75) is 49.0 Å². The van der Waals surface area contributed by atoms with Gasteiger partial charge in [0.05, 0.1) is 0 Å². The predicted octanol–water partition coefficient (Wildman–Crippen LogP) is 0.0260. The number of hydrogen-bond acceptors (Lipinski definition) is 10. The van der Waals surface area contributed by atoms with Crippen molar-refractivity contribution >= 4 is 35.5 Å². The molecule has 2 amide bonds. The average molecular weight is 465 g/mol. The van der Waals surface area contributed by atoms with E-state index in [1.54, 1.807) is 32.0 Å². The number of hydrogen-bond donors (Lipinski definition) is 2. The number of nitrogens with one attached hydrogen (secondary N) is 1. The lowest BCUT2D eigenvalue weighted by molar-refractivity contribution is -0.175. The van der Waals surface area contributed by atoms with Gasteiger partial charge < -0.3 is 34.9 Å². The number of benzene rings is 1. The first-order valence-electron chi connectivity index (χ1n) is 9.86. The molecule has 4 rings (SSSR count). The number of para-hydroxylation sites is 1. The molecule has 2 saturated heterocycles. The van der Waals surface area contributed by atoms with Gasteiger partial charge in [-0.05, 0) is 19.9 Å². The molecule has 1 aromatic carbocycles. The minimum atomic E-state index is -1.07. The van der Waals surface area contributed by atoms with Crippen molar-refractivity contribution in [2.24, 2.45) is 5.73 Å². The third-order valence-electron chi connectivity index (χ3n) is 5.47. The highest BCUT2D eigenvalue weighted by Gasteiger charge is 2.64. The Morgan fingerprint density at radius 1 is 1.31 bits per heavy atom. The van der Waals surface area contributed by atoms with E-state index in [1.165, 1.54) is 23.6 Å². The first kappa shape index (κ1) is 22.2. The van der Waals surface area contributed by atoms with E-state index in [0.29, 0.717) is 17.1 Å². The first-order chi connectivity index (χ1) is 15.1. The van der Waals surface area contributed by atoms with Gasteiger partial charge >= 0.3 is 11.9 Å². The number of thioether (sulfide) groups is 1. The Hall–Kier alpha value is -2.99. The zero-order valence-corrected chi connectivity index (χ0v) is 18.5. The van der Waals surface area contributed by atoms with Crippen LogP contribution in [0.15, 0.2) is 18.2 Å². The largest absolute Gasteiger partial charge is 0.454 e. The van der Waals surface area contributed by atoms with E-state index in [4.69, 9.17) is 19.9 Å². The number of β-lactam (4-membered cyclic amide) rings is 1. The quantitative estimate of drug-likeness (QED) is 0.335. The molecule has 0 aliphatic carbocycles. The van der Waals surface area contributed by atoms with Crippen LogP contribution in [0.1, 0.15) is 32.4 Å². The number of nitrogens with zero attached hydrogens (tertiary/aromatic N) is 1. The summed E-state index contributed by atoms with van der Waals surface area (Å²) in [6.07, 6.45) is 0. The Morgan fingerprint density at radius 2 is 2.06 bits per heavy atom. The molecule has 0 bridgehead atoms. The van der Waals surface area contributed by atoms with Crippen LogP contribution in [0.5, 0.6) is 11.5 Å². The Labute approximate surface area is 187 Å². The second kappa shape index (κ2) is 8.17. The summed E-state index contributed by atoms with van der Waals surface area (Å²) in [5.74, 6) is -1.33. The van der Waals surface area contributed by atoms with Crippen LogP contribution in [0.2, 0.25) is 0 Å². The van der Waals surface area contributed by atoms with Crippen molar-refractivity contribution in [2.75, 3.05) is 13.6 Å². The molecule has 0 radical (unpaired) electrons. The molecule has 3 heterocycles. The van der Waals surface area contributed by atoms with Crippen LogP contribution >= 0.6 is 11.8 Å². The van der Waals surface area contributed by atoms with E-state index in [2.05, 4.69) is 10.1 Å². The van der Waals surface area contributed by atoms with Crippen LogP contribution < -0.4 is 20.5 Å². The van der Waals surface area contributed by atoms with Crippen LogP contribution in [0, 0.1) is 0 Å². The fraction of sp³-hybridized carbons (Fsp3) is 0.500. The van der Waals surface area contributed by atoms with Crippen molar-refractivity contribution in [1.29, 1.82) is 0 Å². The maximum absolute atomic E-state index is 12.8. The van der Waals surface area contributed by atoms with Crippen molar-refractivity contribution in [3.05, 3.63) is 23.8 Å². The molecule has 3 aliphatic heterocycles. The molecule has 1 unspecified atom stereocenters. The number of nitrogens with two attached hydrogens (primary N) is 1. The maximum Gasteiger partial charge on any atom is 0.333 e. The van der Waals surface area contributed by atoms with Gasteiger partial charge in [-0.15, -0.1) is 11.8 Å². The first-order valence-corrected chi connectivity index (χ1v) is 10.7. The fourth-order valence-electron chi connectivity index (χ4n) is 3.96. The number of rotatable bonds is 6. The van der Waals surface area contributed by atoms with E-state index >= 15 is 0 Å². The van der Waals surface area contributed by atoms with E-state index in [-0.39, 0.29) is 6.79 Å². The summed E-state index contributed by atoms with van der Waals surface area (Å²) >= 11 is 1.37. The molecule has 0 aromatic heterocycles. The molecule has 2 fully saturated rings. The normalized spacial score (nSPS) is 25.4. The highest BCUT2D eigenvalue weighted by Crippen LogP contribution is 2.51. The Kier molecular flexibility index (Phi) is 5.67. The molecule has 32 heavy (non-hydrogen) atoms. The summed E-state index contributed by atoms with van der Waals surface area (Å²) in [5, 5.41) is 2.23. The Balaban J connectivity index is 1.42. The molecule has 3 aliphatic rings. The van der Waals surface area contributed by atoms with Gasteiger partial charge in [-0.25, -0.2) is 4.79 Å². The topological polar surface area (TPSA) is 146 Å². The number of fused-ring (bicyclic) bond motifs is 2. The molecule has 172 valence electrons. The van der Waals surface area contributed by atoms with E-state index < -0.39 is 58.8 Å². The van der Waals surface area contributed by atoms with Gasteiger partial charge in [-0.2, -0.15) is 0 Å². The van der Waals surface area contributed by atoms with Gasteiger partial charge in [-0.3, -0.25) is 14.4 Å². The second-order valence-electron chi connectivity index (χ2n) is 8.02. The molecule has 11 nitrogen and oxygen atoms in total. The zero-order valence-electron chi connectivity index (χ0n) is 17.7. The van der Waals surface area contributed by atoms with Gasteiger partial charge in [0, 0.05) is 17.2 Å². The van der Waals surface area contributed by atoms with E-state index in [0.717, 1.165) is 0 Å². The number of ether oxygens (including phenoxy) is 4. The monoisotopic (exact) mass is 465 g/mol. The highest BCUT2D eigenvalue weighted by molar-refractivity contribution is 8.01. The Morgan fingerprint density at radius 3 is 2.78 bits per heavy atom. The van der Waals surface area contributed by atoms with Crippen molar-refractivity contribution in [1.82, 2.24) is 10.2 Å². The Bertz CT molecular complexity index is 984. The third-order valence-corrected chi connectivity index (χ3v) is 7.04. The summed E-state index contributed by atoms with van der Waals surface area (Å²) in [7, 11) is 0. The molecular formula is C20H23N3O8S.